The highest BCUT2D eigenvalue weighted by Crippen LogP contribution is 2.48. The minimum Gasteiger partial charge on any atom is -0.444 e. The number of nitrogens with zero attached hydrogens (tertiary/aromatic N) is 2. The van der Waals surface area contributed by atoms with Crippen LogP contribution in [0.3, 0.4) is 0 Å². The number of amides is 3. The Balaban J connectivity index is 0.000000210. The van der Waals surface area contributed by atoms with Crippen molar-refractivity contribution in [1.29, 1.82) is 0 Å². The van der Waals surface area contributed by atoms with Crippen molar-refractivity contribution in [3.05, 3.63) is 69.8 Å². The Morgan fingerprint density at radius 3 is 1.51 bits per heavy atom. The smallest absolute Gasteiger partial charge is 0.407 e. The Labute approximate surface area is 381 Å². The number of nitrogens with one attached hydrogen (secondary N) is 2. The van der Waals surface area contributed by atoms with Gasteiger partial charge in [-0.05, 0) is 141 Å². The Morgan fingerprint density at radius 1 is 0.635 bits per heavy atom. The molecule has 9 heteroatoms. The maximum Gasteiger partial charge on any atom is 0.407 e. The predicted molar refractivity (Wildman–Crippen MR) is 255 cm³/mol. The van der Waals surface area contributed by atoms with E-state index in [0.29, 0.717) is 36.9 Å². The molecule has 2 aliphatic carbocycles. The molecule has 2 N–H and O–H groups in total. The molecule has 3 heterocycles. The molecular formula is C54H84N4O5. The number of fused-ring (bicyclic) bond motifs is 2. The van der Waals surface area contributed by atoms with Crippen molar-refractivity contribution in [2.75, 3.05) is 26.3 Å². The summed E-state index contributed by atoms with van der Waals surface area (Å²) in [6.07, 6.45) is 9.06. The van der Waals surface area contributed by atoms with Gasteiger partial charge in [0.2, 0.25) is 11.8 Å². The van der Waals surface area contributed by atoms with Crippen LogP contribution in [0.2, 0.25) is 0 Å². The first kappa shape index (κ1) is 49.0. The van der Waals surface area contributed by atoms with Crippen LogP contribution in [0.4, 0.5) is 4.79 Å². The standard InChI is InChI=1S/C27H42N2O3.C27H42N2O2/c1-18(2)27(13-11-22(16-27)28-24(31)32-26(6,7)8)23(30)29-14-12-19-9-10-21(25(3,4)5)15-20(19)17-29;1-19(2)27(12-8-24(17-27)28-23-10-14-31-15-11-23)25(30)29-13-9-20-6-7-22(26(3,4)5)16-21(20)18-29/h9-10,15,18,22H,11-14,16-17H2,1-8H3,(H,28,31);6-7,16,19,23-24,28H,8-15,17-18H2,1-5H3/t22-,27+;24-,27+/m11/s1. The van der Waals surface area contributed by atoms with E-state index in [1.165, 1.54) is 33.4 Å². The lowest BCUT2D eigenvalue weighted by atomic mass is 9.73. The van der Waals surface area contributed by atoms with Crippen LogP contribution >= 0.6 is 0 Å². The van der Waals surface area contributed by atoms with Gasteiger partial charge in [0.1, 0.15) is 5.60 Å². The quantitative estimate of drug-likeness (QED) is 0.288. The van der Waals surface area contributed by atoms with Crippen LogP contribution in [0.15, 0.2) is 36.4 Å². The Bertz CT molecular complexity index is 1930. The fourth-order valence-electron chi connectivity index (χ4n) is 11.0. The average Bonchev–Trinajstić information content (AvgIpc) is 3.85. The molecule has 7 rings (SSSR count). The molecule has 3 aliphatic heterocycles. The Morgan fingerprint density at radius 2 is 1.08 bits per heavy atom. The lowest BCUT2D eigenvalue weighted by Gasteiger charge is -2.40. The summed E-state index contributed by atoms with van der Waals surface area (Å²) >= 11 is 0. The first-order valence-corrected chi connectivity index (χ1v) is 24.6. The van der Waals surface area contributed by atoms with Crippen molar-refractivity contribution in [3.63, 3.8) is 0 Å². The van der Waals surface area contributed by atoms with Crippen molar-refractivity contribution in [2.24, 2.45) is 22.7 Å². The molecule has 3 amide bonds. The van der Waals surface area contributed by atoms with Gasteiger partial charge in [0, 0.05) is 57.5 Å². The zero-order chi connectivity index (χ0) is 46.1. The normalized spacial score (nSPS) is 25.6. The number of rotatable bonds is 7. The maximum atomic E-state index is 14.0. The highest BCUT2D eigenvalue weighted by atomic mass is 16.6. The summed E-state index contributed by atoms with van der Waals surface area (Å²) in [5.74, 6) is 1.21. The molecule has 0 aromatic heterocycles. The van der Waals surface area contributed by atoms with E-state index in [2.05, 4.69) is 126 Å². The van der Waals surface area contributed by atoms with Crippen molar-refractivity contribution >= 4 is 17.9 Å². The maximum absolute atomic E-state index is 14.0. The third kappa shape index (κ3) is 11.5. The van der Waals surface area contributed by atoms with Crippen molar-refractivity contribution in [1.82, 2.24) is 20.4 Å². The molecule has 2 saturated carbocycles. The van der Waals surface area contributed by atoms with Crippen LogP contribution in [0.1, 0.15) is 175 Å². The molecule has 0 unspecified atom stereocenters. The molecule has 5 aliphatic rings. The minimum absolute atomic E-state index is 0.0271. The fraction of sp³-hybridized carbons (Fsp3) is 0.722. The van der Waals surface area contributed by atoms with E-state index in [9.17, 15) is 14.4 Å². The van der Waals surface area contributed by atoms with Gasteiger partial charge in [-0.2, -0.15) is 0 Å². The molecule has 2 aromatic rings. The van der Waals surface area contributed by atoms with Crippen LogP contribution in [-0.2, 0) is 55.8 Å². The zero-order valence-corrected chi connectivity index (χ0v) is 41.6. The first-order chi connectivity index (χ1) is 29.4. The summed E-state index contributed by atoms with van der Waals surface area (Å²) in [5, 5.41) is 6.88. The van der Waals surface area contributed by atoms with E-state index in [0.717, 1.165) is 90.6 Å². The molecule has 0 radical (unpaired) electrons. The van der Waals surface area contributed by atoms with Crippen molar-refractivity contribution < 1.29 is 23.9 Å². The van der Waals surface area contributed by atoms with Gasteiger partial charge in [0.25, 0.3) is 0 Å². The SMILES string of the molecule is CC(C)[C@]1(C(=O)N2CCc3ccc(C(C)(C)C)cc3C2)CC[C@@H](NC(=O)OC(C)(C)C)C1.CC(C)[C@]1(C(=O)N2CCc3ccc(C(C)(C)C)cc3C2)CC[C@@H](NC2CCOCC2)C1. The third-order valence-electron chi connectivity index (χ3n) is 15.3. The van der Waals surface area contributed by atoms with Gasteiger partial charge in [0.05, 0.1) is 10.8 Å². The van der Waals surface area contributed by atoms with Gasteiger partial charge in [-0.3, -0.25) is 9.59 Å². The number of hydrogen-bond donors (Lipinski definition) is 2. The summed E-state index contributed by atoms with van der Waals surface area (Å²) in [6, 6.07) is 14.7. The fourth-order valence-corrected chi connectivity index (χ4v) is 11.0. The number of hydrogen-bond acceptors (Lipinski definition) is 6. The molecule has 4 atom stereocenters. The molecule has 63 heavy (non-hydrogen) atoms. The van der Waals surface area contributed by atoms with Gasteiger partial charge in [0.15, 0.2) is 0 Å². The van der Waals surface area contributed by atoms with Crippen molar-refractivity contribution in [3.8, 4) is 0 Å². The van der Waals surface area contributed by atoms with E-state index < -0.39 is 17.1 Å². The van der Waals surface area contributed by atoms with Crippen LogP contribution in [0.25, 0.3) is 0 Å². The molecule has 1 saturated heterocycles. The zero-order valence-electron chi connectivity index (χ0n) is 41.6. The summed E-state index contributed by atoms with van der Waals surface area (Å²) < 4.78 is 11.0. The molecule has 0 bridgehead atoms. The van der Waals surface area contributed by atoms with Gasteiger partial charge in [-0.15, -0.1) is 0 Å². The van der Waals surface area contributed by atoms with E-state index >= 15 is 0 Å². The summed E-state index contributed by atoms with van der Waals surface area (Å²) in [7, 11) is 0. The second-order valence-electron chi connectivity index (χ2n) is 23.6. The number of carbonyl (C=O) groups is 3. The number of carbonyl (C=O) groups excluding carboxylic acids is 3. The lowest BCUT2D eigenvalue weighted by molar-refractivity contribution is -0.146. The second kappa shape index (κ2) is 19.2. The summed E-state index contributed by atoms with van der Waals surface area (Å²) in [6.45, 7) is 32.6. The van der Waals surface area contributed by atoms with Crippen LogP contribution in [-0.4, -0.2) is 77.7 Å². The topological polar surface area (TPSA) is 100 Å². The summed E-state index contributed by atoms with van der Waals surface area (Å²) in [4.78, 5) is 44.4. The van der Waals surface area contributed by atoms with Crippen molar-refractivity contribution in [2.45, 2.75) is 202 Å². The summed E-state index contributed by atoms with van der Waals surface area (Å²) in [5.41, 5.74) is 7.12. The molecule has 350 valence electrons. The van der Waals surface area contributed by atoms with Crippen LogP contribution in [0, 0.1) is 22.7 Å². The first-order valence-electron chi connectivity index (χ1n) is 24.6. The molecular weight excluding hydrogens is 785 g/mol. The van der Waals surface area contributed by atoms with E-state index in [1.54, 1.807) is 0 Å². The van der Waals surface area contributed by atoms with Crippen LogP contribution in [0.5, 0.6) is 0 Å². The van der Waals surface area contributed by atoms with E-state index in [-0.39, 0.29) is 34.1 Å². The second-order valence-corrected chi connectivity index (χ2v) is 23.6. The third-order valence-corrected chi connectivity index (χ3v) is 15.3. The van der Waals surface area contributed by atoms with E-state index in [4.69, 9.17) is 9.47 Å². The van der Waals surface area contributed by atoms with E-state index in [1.807, 2.05) is 20.8 Å². The van der Waals surface area contributed by atoms with Gasteiger partial charge >= 0.3 is 6.09 Å². The average molecular weight is 869 g/mol. The molecule has 3 fully saturated rings. The minimum atomic E-state index is -0.527. The highest BCUT2D eigenvalue weighted by Gasteiger charge is 2.51. The van der Waals surface area contributed by atoms with Gasteiger partial charge in [-0.1, -0.05) is 106 Å². The Hall–Kier alpha value is -3.43. The lowest BCUT2D eigenvalue weighted by Crippen LogP contribution is -2.49. The largest absolute Gasteiger partial charge is 0.444 e. The predicted octanol–water partition coefficient (Wildman–Crippen LogP) is 10.4. The number of ether oxygens (including phenoxy) is 2. The van der Waals surface area contributed by atoms with Crippen LogP contribution < -0.4 is 10.6 Å². The molecule has 2 aromatic carbocycles. The van der Waals surface area contributed by atoms with Gasteiger partial charge < -0.3 is 29.9 Å². The molecule has 0 spiro atoms. The number of alkyl carbamates (subject to hydrolysis) is 1. The molecule has 9 nitrogen and oxygen atoms in total. The Kier molecular flexibility index (Phi) is 14.9. The van der Waals surface area contributed by atoms with Gasteiger partial charge in [-0.25, -0.2) is 4.79 Å². The monoisotopic (exact) mass is 869 g/mol. The highest BCUT2D eigenvalue weighted by molar-refractivity contribution is 5.84. The number of benzene rings is 2.